The summed E-state index contributed by atoms with van der Waals surface area (Å²) in [5.74, 6) is 0. The molecular weight excluding hydrogens is 608 g/mol. The molecule has 202 valence electrons. The van der Waals surface area contributed by atoms with Gasteiger partial charge in [-0.15, -0.1) is 0 Å². The Balaban J connectivity index is 0.000000307. The molecule has 0 saturated heterocycles. The van der Waals surface area contributed by atoms with Gasteiger partial charge in [0.05, 0.1) is 12.2 Å². The maximum absolute atomic E-state index is 10.1. The first-order valence-corrected chi connectivity index (χ1v) is 13.3. The molecule has 5 N–H and O–H groups in total. The second-order valence-electron chi connectivity index (χ2n) is 8.02. The van der Waals surface area contributed by atoms with Gasteiger partial charge in [-0.05, 0) is 41.0 Å². The minimum atomic E-state index is -0.513. The zero-order valence-corrected chi connectivity index (χ0v) is 23.6. The topological polar surface area (TPSA) is 95.6 Å². The summed E-state index contributed by atoms with van der Waals surface area (Å²) in [5.41, 5.74) is 8.99. The number of carbonyl (C=O) groups is 1. The normalized spacial score (nSPS) is 11.4. The molecule has 0 radical (unpaired) electrons. The van der Waals surface area contributed by atoms with Gasteiger partial charge in [0.2, 0.25) is 0 Å². The lowest BCUT2D eigenvalue weighted by molar-refractivity contribution is 0.112. The van der Waals surface area contributed by atoms with E-state index in [1.54, 1.807) is 12.1 Å². The van der Waals surface area contributed by atoms with Crippen molar-refractivity contribution in [2.45, 2.75) is 26.2 Å². The number of nitrogens with one attached hydrogen (secondary N) is 1. The minimum Gasteiger partial charge on any atom is -0.387 e. The SMILES string of the molecule is C.NC[C@@H](O)c1ccccc1.O=Cc1ccc(Br)cc1.O[C@H](CNCc1ccc(Br)cc1)c1ccccc1. The van der Waals surface area contributed by atoms with Crippen LogP contribution in [-0.4, -0.2) is 29.6 Å². The molecule has 0 saturated carbocycles. The fourth-order valence-corrected chi connectivity index (χ4v) is 3.63. The van der Waals surface area contributed by atoms with Crippen molar-refractivity contribution >= 4 is 38.1 Å². The summed E-state index contributed by atoms with van der Waals surface area (Å²) in [6.07, 6.45) is -0.144. The molecular formula is C31H36Br2N2O3. The summed E-state index contributed by atoms with van der Waals surface area (Å²) in [5, 5.41) is 22.4. The average molecular weight is 644 g/mol. The molecule has 7 heteroatoms. The van der Waals surface area contributed by atoms with Gasteiger partial charge in [0.15, 0.2) is 0 Å². The van der Waals surface area contributed by atoms with Crippen LogP contribution in [0.15, 0.2) is 118 Å². The Morgan fingerprint density at radius 1 is 0.711 bits per heavy atom. The second kappa shape index (κ2) is 19.4. The summed E-state index contributed by atoms with van der Waals surface area (Å²) in [4.78, 5) is 10.1. The quantitative estimate of drug-likeness (QED) is 0.158. The van der Waals surface area contributed by atoms with E-state index in [9.17, 15) is 15.0 Å². The van der Waals surface area contributed by atoms with Crippen molar-refractivity contribution in [3.63, 3.8) is 0 Å². The molecule has 38 heavy (non-hydrogen) atoms. The first kappa shape index (κ1) is 33.4. The van der Waals surface area contributed by atoms with Crippen LogP contribution < -0.4 is 11.1 Å². The van der Waals surface area contributed by atoms with Crippen LogP contribution in [0.1, 0.15) is 46.7 Å². The van der Waals surface area contributed by atoms with Crippen LogP contribution in [0, 0.1) is 0 Å². The summed E-state index contributed by atoms with van der Waals surface area (Å²) >= 11 is 6.67. The van der Waals surface area contributed by atoms with Crippen LogP contribution in [0.5, 0.6) is 0 Å². The van der Waals surface area contributed by atoms with E-state index < -0.39 is 12.2 Å². The van der Waals surface area contributed by atoms with Gasteiger partial charge < -0.3 is 21.3 Å². The van der Waals surface area contributed by atoms with Crippen molar-refractivity contribution in [3.8, 4) is 0 Å². The third kappa shape index (κ3) is 13.2. The lowest BCUT2D eigenvalue weighted by Gasteiger charge is -2.12. The van der Waals surface area contributed by atoms with E-state index in [0.29, 0.717) is 12.1 Å². The van der Waals surface area contributed by atoms with Crippen LogP contribution in [-0.2, 0) is 6.54 Å². The van der Waals surface area contributed by atoms with Crippen molar-refractivity contribution < 1.29 is 15.0 Å². The standard InChI is InChI=1S/C15H16BrNO.C8H11NO.C7H5BrO.CH4/c16-14-8-6-12(7-9-14)10-17-11-15(18)13-4-2-1-3-5-13;9-6-8(10)7-4-2-1-3-5-7;8-7-3-1-6(5-9)2-4-7;/h1-9,15,17-18H,10-11H2;1-5,8,10H,6,9H2;1-5H;1H4/t15-;8-;;/m11../s1. The van der Waals surface area contributed by atoms with Crippen LogP contribution in [0.25, 0.3) is 0 Å². The molecule has 0 heterocycles. The Morgan fingerprint density at radius 2 is 1.16 bits per heavy atom. The molecule has 0 fully saturated rings. The van der Waals surface area contributed by atoms with E-state index in [4.69, 9.17) is 5.73 Å². The molecule has 0 aliphatic carbocycles. The summed E-state index contributed by atoms with van der Waals surface area (Å²) < 4.78 is 2.07. The van der Waals surface area contributed by atoms with E-state index in [2.05, 4.69) is 49.3 Å². The highest BCUT2D eigenvalue weighted by Crippen LogP contribution is 2.13. The van der Waals surface area contributed by atoms with Gasteiger partial charge in [-0.2, -0.15) is 0 Å². The fourth-order valence-electron chi connectivity index (χ4n) is 3.10. The number of aldehydes is 1. The van der Waals surface area contributed by atoms with Crippen molar-refractivity contribution in [2.24, 2.45) is 5.73 Å². The Morgan fingerprint density at radius 3 is 1.61 bits per heavy atom. The van der Waals surface area contributed by atoms with Gasteiger partial charge in [0.1, 0.15) is 6.29 Å². The van der Waals surface area contributed by atoms with Crippen LogP contribution in [0.4, 0.5) is 0 Å². The molecule has 0 aromatic heterocycles. The van der Waals surface area contributed by atoms with Gasteiger partial charge in [-0.25, -0.2) is 0 Å². The smallest absolute Gasteiger partial charge is 0.150 e. The predicted molar refractivity (Wildman–Crippen MR) is 164 cm³/mol. The Kier molecular flexibility index (Phi) is 17.1. The monoisotopic (exact) mass is 642 g/mol. The van der Waals surface area contributed by atoms with Crippen LogP contribution >= 0.6 is 31.9 Å². The predicted octanol–water partition coefficient (Wildman–Crippen LogP) is 6.85. The second-order valence-corrected chi connectivity index (χ2v) is 9.85. The highest BCUT2D eigenvalue weighted by Gasteiger charge is 2.05. The number of carbonyl (C=O) groups excluding carboxylic acids is 1. The van der Waals surface area contributed by atoms with E-state index in [-0.39, 0.29) is 14.0 Å². The van der Waals surface area contributed by atoms with E-state index in [1.165, 1.54) is 5.56 Å². The summed E-state index contributed by atoms with van der Waals surface area (Å²) in [7, 11) is 0. The first-order valence-electron chi connectivity index (χ1n) is 11.7. The van der Waals surface area contributed by atoms with Crippen molar-refractivity contribution in [1.82, 2.24) is 5.32 Å². The molecule has 0 spiro atoms. The van der Waals surface area contributed by atoms with E-state index in [1.807, 2.05) is 84.9 Å². The van der Waals surface area contributed by atoms with Gasteiger partial charge in [0, 0.05) is 34.1 Å². The van der Waals surface area contributed by atoms with Gasteiger partial charge in [0.25, 0.3) is 0 Å². The minimum absolute atomic E-state index is 0. The van der Waals surface area contributed by atoms with Crippen molar-refractivity contribution in [1.29, 1.82) is 0 Å². The lowest BCUT2D eigenvalue weighted by atomic mass is 10.1. The largest absolute Gasteiger partial charge is 0.387 e. The Bertz CT molecular complexity index is 1140. The zero-order valence-electron chi connectivity index (χ0n) is 20.4. The number of hydrogen-bond donors (Lipinski definition) is 4. The number of hydrogen-bond acceptors (Lipinski definition) is 5. The summed E-state index contributed by atoms with van der Waals surface area (Å²) in [6, 6.07) is 34.4. The number of nitrogens with two attached hydrogens (primary N) is 1. The maximum atomic E-state index is 10.1. The molecule has 5 nitrogen and oxygen atoms in total. The molecule has 2 atom stereocenters. The van der Waals surface area contributed by atoms with E-state index in [0.717, 1.165) is 32.9 Å². The molecule has 4 aromatic rings. The highest BCUT2D eigenvalue weighted by molar-refractivity contribution is 9.10. The average Bonchev–Trinajstić information content (AvgIpc) is 2.95. The number of aliphatic hydroxyl groups excluding tert-OH is 2. The number of aliphatic hydroxyl groups is 2. The zero-order chi connectivity index (χ0) is 26.9. The molecule has 0 unspecified atom stereocenters. The Labute approximate surface area is 243 Å². The third-order valence-corrected chi connectivity index (χ3v) is 6.24. The van der Waals surface area contributed by atoms with E-state index >= 15 is 0 Å². The summed E-state index contributed by atoms with van der Waals surface area (Å²) in [6.45, 7) is 1.60. The molecule has 0 aliphatic heterocycles. The van der Waals surface area contributed by atoms with Gasteiger partial charge >= 0.3 is 0 Å². The molecule has 4 aromatic carbocycles. The maximum Gasteiger partial charge on any atom is 0.150 e. The van der Waals surface area contributed by atoms with Crippen LogP contribution in [0.3, 0.4) is 0 Å². The molecule has 0 amide bonds. The lowest BCUT2D eigenvalue weighted by Crippen LogP contribution is -2.20. The molecule has 0 bridgehead atoms. The van der Waals surface area contributed by atoms with Crippen LogP contribution in [0.2, 0.25) is 0 Å². The van der Waals surface area contributed by atoms with Gasteiger partial charge in [-0.1, -0.05) is 124 Å². The highest BCUT2D eigenvalue weighted by atomic mass is 79.9. The number of benzene rings is 4. The first-order chi connectivity index (χ1) is 17.9. The van der Waals surface area contributed by atoms with Crippen molar-refractivity contribution in [3.05, 3.63) is 140 Å². The molecule has 0 aliphatic rings. The van der Waals surface area contributed by atoms with Crippen molar-refractivity contribution in [2.75, 3.05) is 13.1 Å². The third-order valence-electron chi connectivity index (χ3n) is 5.18. The number of rotatable bonds is 8. The Hall–Kier alpha value is -2.65. The fraction of sp³-hybridized carbons (Fsp3) is 0.194. The van der Waals surface area contributed by atoms with Gasteiger partial charge in [-0.3, -0.25) is 4.79 Å². The number of halogens is 2. The molecule has 4 rings (SSSR count).